The third-order valence-corrected chi connectivity index (χ3v) is 3.61. The average molecular weight is 264 g/mol. The van der Waals surface area contributed by atoms with Crippen LogP contribution in [-0.2, 0) is 19.4 Å². The van der Waals surface area contributed by atoms with Crippen molar-refractivity contribution >= 4 is 0 Å². The van der Waals surface area contributed by atoms with Crippen molar-refractivity contribution in [3.05, 3.63) is 59.2 Å². The molecule has 0 amide bonds. The lowest BCUT2D eigenvalue weighted by Crippen LogP contribution is -2.25. The molecule has 0 spiro atoms. The van der Waals surface area contributed by atoms with Gasteiger partial charge in [-0.3, -0.25) is 0 Å². The number of fused-ring (bicyclic) bond motifs is 1. The molecule has 4 heteroatoms. The smallest absolute Gasteiger partial charge is 0.130 e. The van der Waals surface area contributed by atoms with E-state index in [2.05, 4.69) is 21.4 Å². The van der Waals surface area contributed by atoms with E-state index in [0.29, 0.717) is 6.42 Å². The molecule has 20 heavy (non-hydrogen) atoms. The van der Waals surface area contributed by atoms with Gasteiger partial charge in [-0.05, 0) is 24.1 Å². The molecule has 1 aromatic carbocycles. The molecule has 3 rings (SSSR count). The van der Waals surface area contributed by atoms with Gasteiger partial charge >= 0.3 is 0 Å². The number of nitriles is 1. The minimum atomic E-state index is -0.189. The lowest BCUT2D eigenvalue weighted by atomic mass is 9.97. The first-order chi connectivity index (χ1) is 9.86. The molecule has 1 aromatic heterocycles. The van der Waals surface area contributed by atoms with Crippen LogP contribution in [0.1, 0.15) is 28.6 Å². The number of hydrogen-bond acceptors (Lipinski definition) is 4. The van der Waals surface area contributed by atoms with Gasteiger partial charge < -0.3 is 5.32 Å². The largest absolute Gasteiger partial charge is 0.311 e. The lowest BCUT2D eigenvalue weighted by molar-refractivity contribution is 0.613. The molecule has 0 radical (unpaired) electrons. The van der Waals surface area contributed by atoms with Gasteiger partial charge in [-0.1, -0.05) is 30.3 Å². The zero-order chi connectivity index (χ0) is 13.8. The molecular formula is C16H16N4. The van der Waals surface area contributed by atoms with E-state index in [1.54, 1.807) is 0 Å². The van der Waals surface area contributed by atoms with Gasteiger partial charge in [0.1, 0.15) is 5.82 Å². The van der Waals surface area contributed by atoms with Gasteiger partial charge in [0, 0.05) is 19.2 Å². The maximum atomic E-state index is 9.36. The number of rotatable bonds is 3. The van der Waals surface area contributed by atoms with E-state index in [1.807, 2.05) is 36.5 Å². The molecule has 100 valence electrons. The first-order valence-corrected chi connectivity index (χ1v) is 6.86. The van der Waals surface area contributed by atoms with Crippen molar-refractivity contribution in [3.63, 3.8) is 0 Å². The molecule has 0 bridgehead atoms. The zero-order valence-corrected chi connectivity index (χ0v) is 11.2. The summed E-state index contributed by atoms with van der Waals surface area (Å²) in [7, 11) is 0. The quantitative estimate of drug-likeness (QED) is 0.920. The van der Waals surface area contributed by atoms with Gasteiger partial charge in [-0.15, -0.1) is 0 Å². The molecule has 1 atom stereocenters. The van der Waals surface area contributed by atoms with Crippen molar-refractivity contribution in [3.8, 4) is 6.07 Å². The summed E-state index contributed by atoms with van der Waals surface area (Å²) in [5.74, 6) is 0.564. The summed E-state index contributed by atoms with van der Waals surface area (Å²) in [5, 5.41) is 12.7. The van der Waals surface area contributed by atoms with E-state index in [-0.39, 0.29) is 5.92 Å². The highest BCUT2D eigenvalue weighted by Crippen LogP contribution is 2.19. The summed E-state index contributed by atoms with van der Waals surface area (Å²) < 4.78 is 0. The van der Waals surface area contributed by atoms with Crippen LogP contribution in [0.15, 0.2) is 36.5 Å². The van der Waals surface area contributed by atoms with Crippen molar-refractivity contribution in [2.24, 2.45) is 0 Å². The van der Waals surface area contributed by atoms with Crippen LogP contribution < -0.4 is 5.32 Å². The van der Waals surface area contributed by atoms with Crippen molar-refractivity contribution in [2.45, 2.75) is 25.3 Å². The van der Waals surface area contributed by atoms with Gasteiger partial charge in [-0.2, -0.15) is 5.26 Å². The van der Waals surface area contributed by atoms with Crippen LogP contribution in [0, 0.1) is 11.3 Å². The fraction of sp³-hybridized carbons (Fsp3) is 0.312. The van der Waals surface area contributed by atoms with Gasteiger partial charge in [0.2, 0.25) is 0 Å². The number of benzene rings is 1. The van der Waals surface area contributed by atoms with Crippen molar-refractivity contribution < 1.29 is 0 Å². The second-order valence-electron chi connectivity index (χ2n) is 4.98. The maximum absolute atomic E-state index is 9.36. The predicted octanol–water partition coefficient (Wildman–Crippen LogP) is 1.97. The Bertz CT molecular complexity index is 631. The Hall–Kier alpha value is -2.25. The molecule has 0 fully saturated rings. The topological polar surface area (TPSA) is 61.6 Å². The van der Waals surface area contributed by atoms with Gasteiger partial charge in [0.05, 0.1) is 17.7 Å². The van der Waals surface area contributed by atoms with Crippen LogP contribution in [0.4, 0.5) is 0 Å². The highest BCUT2D eigenvalue weighted by atomic mass is 15.0. The van der Waals surface area contributed by atoms with Gasteiger partial charge in [0.15, 0.2) is 0 Å². The molecule has 2 heterocycles. The number of aromatic nitrogens is 2. The van der Waals surface area contributed by atoms with Crippen LogP contribution in [0.2, 0.25) is 0 Å². The number of nitrogens with one attached hydrogen (secondary N) is 1. The first-order valence-electron chi connectivity index (χ1n) is 6.86. The summed E-state index contributed by atoms with van der Waals surface area (Å²) in [6.07, 6.45) is 3.46. The zero-order valence-electron chi connectivity index (χ0n) is 11.2. The molecule has 1 N–H and O–H groups in total. The normalized spacial score (nSPS) is 15.2. The Labute approximate surface area is 118 Å². The summed E-state index contributed by atoms with van der Waals surface area (Å²) in [6.45, 7) is 1.79. The fourth-order valence-corrected chi connectivity index (χ4v) is 2.48. The molecule has 1 aliphatic rings. The Morgan fingerprint density at radius 2 is 2.15 bits per heavy atom. The van der Waals surface area contributed by atoms with Crippen LogP contribution in [0.3, 0.4) is 0 Å². The van der Waals surface area contributed by atoms with E-state index in [0.717, 1.165) is 36.6 Å². The standard InChI is InChI=1S/C16H16N4/c17-9-14(12-4-2-1-3-5-12)8-16-19-10-13-6-7-18-11-15(13)20-16/h1-5,10,14,18H,6-8,11H2. The monoisotopic (exact) mass is 264 g/mol. The van der Waals surface area contributed by atoms with Gasteiger partial charge in [0.25, 0.3) is 0 Å². The summed E-state index contributed by atoms with van der Waals surface area (Å²) >= 11 is 0. The van der Waals surface area contributed by atoms with Crippen LogP contribution in [0.25, 0.3) is 0 Å². The SMILES string of the molecule is N#CC(Cc1ncc2c(n1)CNCC2)c1ccccc1. The van der Waals surface area contributed by atoms with E-state index < -0.39 is 0 Å². The minimum absolute atomic E-state index is 0.189. The van der Waals surface area contributed by atoms with Crippen molar-refractivity contribution in [1.82, 2.24) is 15.3 Å². The molecule has 0 saturated heterocycles. The number of nitrogens with zero attached hydrogens (tertiary/aromatic N) is 3. The number of hydrogen-bond donors (Lipinski definition) is 1. The van der Waals surface area contributed by atoms with E-state index in [1.165, 1.54) is 5.56 Å². The molecule has 0 aliphatic carbocycles. The molecule has 2 aromatic rings. The summed E-state index contributed by atoms with van der Waals surface area (Å²) in [6, 6.07) is 12.2. The highest BCUT2D eigenvalue weighted by molar-refractivity contribution is 5.27. The Morgan fingerprint density at radius 3 is 2.95 bits per heavy atom. The fourth-order valence-electron chi connectivity index (χ4n) is 2.48. The first kappa shape index (κ1) is 12.8. The lowest BCUT2D eigenvalue weighted by Gasteiger charge is -2.16. The third-order valence-electron chi connectivity index (χ3n) is 3.61. The molecule has 0 saturated carbocycles. The van der Waals surface area contributed by atoms with Crippen molar-refractivity contribution in [1.29, 1.82) is 5.26 Å². The van der Waals surface area contributed by atoms with Crippen LogP contribution in [-0.4, -0.2) is 16.5 Å². The Morgan fingerprint density at radius 1 is 1.30 bits per heavy atom. The maximum Gasteiger partial charge on any atom is 0.130 e. The van der Waals surface area contributed by atoms with E-state index in [4.69, 9.17) is 0 Å². The predicted molar refractivity (Wildman–Crippen MR) is 75.9 cm³/mol. The summed E-state index contributed by atoms with van der Waals surface area (Å²) in [4.78, 5) is 9.02. The highest BCUT2D eigenvalue weighted by Gasteiger charge is 2.16. The minimum Gasteiger partial charge on any atom is -0.311 e. The second kappa shape index (κ2) is 5.81. The molecule has 1 aliphatic heterocycles. The van der Waals surface area contributed by atoms with E-state index >= 15 is 0 Å². The Kier molecular flexibility index (Phi) is 3.71. The average Bonchev–Trinajstić information content (AvgIpc) is 2.53. The Balaban J connectivity index is 1.82. The van der Waals surface area contributed by atoms with Gasteiger partial charge in [-0.25, -0.2) is 9.97 Å². The molecule has 1 unspecified atom stereocenters. The molecule has 4 nitrogen and oxygen atoms in total. The van der Waals surface area contributed by atoms with Crippen LogP contribution >= 0.6 is 0 Å². The third kappa shape index (κ3) is 2.68. The molecular weight excluding hydrogens is 248 g/mol. The van der Waals surface area contributed by atoms with Crippen molar-refractivity contribution in [2.75, 3.05) is 6.54 Å². The summed E-state index contributed by atoms with van der Waals surface area (Å²) in [5.41, 5.74) is 3.32. The van der Waals surface area contributed by atoms with E-state index in [9.17, 15) is 5.26 Å². The second-order valence-corrected chi connectivity index (χ2v) is 4.98. The van der Waals surface area contributed by atoms with Crippen LogP contribution in [0.5, 0.6) is 0 Å².